The molecule has 0 unspecified atom stereocenters. The largest absolute Gasteiger partial charge is 0.398 e. The van der Waals surface area contributed by atoms with Crippen molar-refractivity contribution in [3.05, 3.63) is 46.0 Å². The molecule has 1 atom stereocenters. The summed E-state index contributed by atoms with van der Waals surface area (Å²) in [6, 6.07) is 7.95. The van der Waals surface area contributed by atoms with Crippen LogP contribution < -0.4 is 0 Å². The van der Waals surface area contributed by atoms with E-state index in [9.17, 15) is 23.3 Å². The highest BCUT2D eigenvalue weighted by atomic mass is 19.4. The molecule has 0 radical (unpaired) electrons. The van der Waals surface area contributed by atoms with E-state index in [2.05, 4.69) is 0 Å². The highest BCUT2D eigenvalue weighted by Gasteiger charge is 2.42. The molecule has 0 spiro atoms. The summed E-state index contributed by atoms with van der Waals surface area (Å²) in [5.74, 6) is -1.93. The van der Waals surface area contributed by atoms with Crippen molar-refractivity contribution >= 4 is 0 Å². The van der Waals surface area contributed by atoms with Crippen LogP contribution in [0.15, 0.2) is 30.3 Å². The number of nitrogens with zero attached hydrogens (tertiary/aromatic N) is 1. The highest BCUT2D eigenvalue weighted by Crippen LogP contribution is 2.29. The molecule has 0 aliphatic carbocycles. The van der Waals surface area contributed by atoms with Crippen molar-refractivity contribution in [1.82, 2.24) is 0 Å². The molecule has 0 bridgehead atoms. The Bertz CT molecular complexity index is 351. The predicted molar refractivity (Wildman–Crippen MR) is 51.6 cm³/mol. The standard InChI is InChI=1S/C10H10F3NO2/c11-10(12,13)9(7-14(15)16)6-8-4-2-1-3-5-8/h1-5,9H,6-7H2/t9-/m1/s1. The van der Waals surface area contributed by atoms with E-state index >= 15 is 0 Å². The highest BCUT2D eigenvalue weighted by molar-refractivity contribution is 5.15. The normalized spacial score (nSPS) is 13.4. The van der Waals surface area contributed by atoms with Crippen LogP contribution in [-0.2, 0) is 6.42 Å². The Labute approximate surface area is 90.0 Å². The van der Waals surface area contributed by atoms with Crippen molar-refractivity contribution < 1.29 is 18.1 Å². The maximum atomic E-state index is 12.5. The zero-order chi connectivity index (χ0) is 12.2. The summed E-state index contributed by atoms with van der Waals surface area (Å²) in [6.07, 6.45) is -4.89. The van der Waals surface area contributed by atoms with E-state index in [1.807, 2.05) is 0 Å². The summed E-state index contributed by atoms with van der Waals surface area (Å²) >= 11 is 0. The van der Waals surface area contributed by atoms with Crippen LogP contribution in [0.2, 0.25) is 0 Å². The zero-order valence-electron chi connectivity index (χ0n) is 8.28. The van der Waals surface area contributed by atoms with E-state index in [0.717, 1.165) is 0 Å². The molecule has 6 heteroatoms. The fourth-order valence-corrected chi connectivity index (χ4v) is 1.36. The molecule has 0 N–H and O–H groups in total. The van der Waals surface area contributed by atoms with Crippen molar-refractivity contribution in [2.24, 2.45) is 5.92 Å². The Morgan fingerprint density at radius 3 is 2.25 bits per heavy atom. The fourth-order valence-electron chi connectivity index (χ4n) is 1.36. The van der Waals surface area contributed by atoms with Gasteiger partial charge in [-0.25, -0.2) is 0 Å². The molecule has 88 valence electrons. The van der Waals surface area contributed by atoms with Gasteiger partial charge >= 0.3 is 6.18 Å². The topological polar surface area (TPSA) is 43.1 Å². The van der Waals surface area contributed by atoms with Crippen LogP contribution in [0.3, 0.4) is 0 Å². The van der Waals surface area contributed by atoms with Gasteiger partial charge in [-0.15, -0.1) is 0 Å². The van der Waals surface area contributed by atoms with E-state index in [1.165, 1.54) is 12.1 Å². The zero-order valence-corrected chi connectivity index (χ0v) is 8.28. The van der Waals surface area contributed by atoms with E-state index in [0.29, 0.717) is 5.56 Å². The lowest BCUT2D eigenvalue weighted by Crippen LogP contribution is -2.31. The van der Waals surface area contributed by atoms with E-state index in [4.69, 9.17) is 0 Å². The SMILES string of the molecule is O=[N+]([O-])C[C@@H](Cc1ccccc1)C(F)(F)F. The average Bonchev–Trinajstić information content (AvgIpc) is 2.16. The Balaban J connectivity index is 2.75. The van der Waals surface area contributed by atoms with Crippen molar-refractivity contribution in [3.8, 4) is 0 Å². The number of hydrogen-bond donors (Lipinski definition) is 0. The molecular formula is C10H10F3NO2. The number of rotatable bonds is 4. The van der Waals surface area contributed by atoms with Crippen LogP contribution >= 0.6 is 0 Å². The maximum absolute atomic E-state index is 12.5. The first-order valence-electron chi connectivity index (χ1n) is 4.62. The number of halogens is 3. The van der Waals surface area contributed by atoms with Crippen LogP contribution in [0.1, 0.15) is 5.56 Å². The molecule has 0 fully saturated rings. The molecule has 0 heterocycles. The number of benzene rings is 1. The van der Waals surface area contributed by atoms with Gasteiger partial charge in [0.1, 0.15) is 5.92 Å². The summed E-state index contributed by atoms with van der Waals surface area (Å²) in [5.41, 5.74) is 0.451. The molecule has 3 nitrogen and oxygen atoms in total. The second-order valence-corrected chi connectivity index (χ2v) is 3.44. The third-order valence-corrected chi connectivity index (χ3v) is 2.16. The van der Waals surface area contributed by atoms with Crippen LogP contribution in [0.5, 0.6) is 0 Å². The third-order valence-electron chi connectivity index (χ3n) is 2.16. The summed E-state index contributed by atoms with van der Waals surface area (Å²) < 4.78 is 37.4. The minimum atomic E-state index is -4.54. The van der Waals surface area contributed by atoms with Crippen LogP contribution in [0.4, 0.5) is 13.2 Å². The first-order chi connectivity index (χ1) is 7.39. The molecule has 0 aromatic heterocycles. The molecule has 16 heavy (non-hydrogen) atoms. The third kappa shape index (κ3) is 3.88. The fraction of sp³-hybridized carbons (Fsp3) is 0.400. The molecule has 1 aromatic rings. The summed E-state index contributed by atoms with van der Waals surface area (Å²) in [4.78, 5) is 9.22. The predicted octanol–water partition coefficient (Wildman–Crippen LogP) is 2.68. The van der Waals surface area contributed by atoms with Gasteiger partial charge in [-0.05, 0) is 12.0 Å². The van der Waals surface area contributed by atoms with E-state index in [-0.39, 0.29) is 6.42 Å². The van der Waals surface area contributed by atoms with Crippen LogP contribution in [-0.4, -0.2) is 17.6 Å². The summed E-state index contributed by atoms with van der Waals surface area (Å²) in [5, 5.41) is 10.2. The molecule has 0 saturated carbocycles. The minimum absolute atomic E-state index is 0.356. The van der Waals surface area contributed by atoms with Gasteiger partial charge in [-0.2, -0.15) is 13.2 Å². The second kappa shape index (κ2) is 4.96. The van der Waals surface area contributed by atoms with Crippen LogP contribution in [0.25, 0.3) is 0 Å². The first-order valence-corrected chi connectivity index (χ1v) is 4.62. The average molecular weight is 233 g/mol. The molecule has 0 saturated heterocycles. The molecule has 0 aliphatic rings. The van der Waals surface area contributed by atoms with Gasteiger partial charge in [-0.1, -0.05) is 30.3 Å². The Kier molecular flexibility index (Phi) is 3.87. The summed E-state index contributed by atoms with van der Waals surface area (Å²) in [7, 11) is 0. The van der Waals surface area contributed by atoms with Crippen LogP contribution in [0, 0.1) is 16.0 Å². The van der Waals surface area contributed by atoms with Gasteiger partial charge in [0.2, 0.25) is 6.54 Å². The van der Waals surface area contributed by atoms with Gasteiger partial charge in [0.15, 0.2) is 0 Å². The van der Waals surface area contributed by atoms with Crippen molar-refractivity contribution in [2.45, 2.75) is 12.6 Å². The quantitative estimate of drug-likeness (QED) is 0.592. The first kappa shape index (κ1) is 12.5. The number of nitro groups is 1. The minimum Gasteiger partial charge on any atom is -0.265 e. The number of alkyl halides is 3. The van der Waals surface area contributed by atoms with Gasteiger partial charge in [0.05, 0.1) is 0 Å². The van der Waals surface area contributed by atoms with Gasteiger partial charge < -0.3 is 0 Å². The summed E-state index contributed by atoms with van der Waals surface area (Å²) in [6.45, 7) is -1.08. The van der Waals surface area contributed by atoms with Gasteiger partial charge in [-0.3, -0.25) is 10.1 Å². The Morgan fingerprint density at radius 2 is 1.81 bits per heavy atom. The van der Waals surface area contributed by atoms with E-state index < -0.39 is 23.6 Å². The van der Waals surface area contributed by atoms with Gasteiger partial charge in [0.25, 0.3) is 0 Å². The lowest BCUT2D eigenvalue weighted by atomic mass is 9.99. The van der Waals surface area contributed by atoms with Crippen molar-refractivity contribution in [1.29, 1.82) is 0 Å². The van der Waals surface area contributed by atoms with E-state index in [1.54, 1.807) is 18.2 Å². The smallest absolute Gasteiger partial charge is 0.265 e. The number of hydrogen-bond acceptors (Lipinski definition) is 2. The monoisotopic (exact) mass is 233 g/mol. The molecule has 0 amide bonds. The molecule has 1 aromatic carbocycles. The lowest BCUT2D eigenvalue weighted by Gasteiger charge is -2.16. The molecule has 0 aliphatic heterocycles. The van der Waals surface area contributed by atoms with Gasteiger partial charge in [0, 0.05) is 4.92 Å². The Hall–Kier alpha value is -1.59. The van der Waals surface area contributed by atoms with Crippen molar-refractivity contribution in [3.63, 3.8) is 0 Å². The maximum Gasteiger partial charge on any atom is 0.398 e. The second-order valence-electron chi connectivity index (χ2n) is 3.44. The Morgan fingerprint density at radius 1 is 1.25 bits per heavy atom. The lowest BCUT2D eigenvalue weighted by molar-refractivity contribution is -0.497. The van der Waals surface area contributed by atoms with Crippen molar-refractivity contribution in [2.75, 3.05) is 6.54 Å². The molecular weight excluding hydrogens is 223 g/mol. The molecule has 1 rings (SSSR count).